The van der Waals surface area contributed by atoms with Crippen molar-refractivity contribution in [1.82, 2.24) is 0 Å². The summed E-state index contributed by atoms with van der Waals surface area (Å²) >= 11 is 0. The van der Waals surface area contributed by atoms with Crippen LogP contribution >= 0.6 is 0 Å². The molecule has 2 atom stereocenters. The standard InChI is InChI=1S/C12H24/c1-6-7-8-11(4)9-12(5)10(2)3/h6,10-12H,1,7-9H2,2-5H3/t11?,12-/m1/s1. The summed E-state index contributed by atoms with van der Waals surface area (Å²) in [5.74, 6) is 2.56. The second kappa shape index (κ2) is 6.28. The van der Waals surface area contributed by atoms with Crippen LogP contribution in [0.1, 0.15) is 47.0 Å². The van der Waals surface area contributed by atoms with Crippen LogP contribution in [0.2, 0.25) is 0 Å². The monoisotopic (exact) mass is 168 g/mol. The lowest BCUT2D eigenvalue weighted by Crippen LogP contribution is -2.08. The van der Waals surface area contributed by atoms with Gasteiger partial charge in [-0.2, -0.15) is 0 Å². The molecule has 1 unspecified atom stereocenters. The van der Waals surface area contributed by atoms with E-state index in [4.69, 9.17) is 0 Å². The highest BCUT2D eigenvalue weighted by Gasteiger charge is 2.10. The summed E-state index contributed by atoms with van der Waals surface area (Å²) in [6.45, 7) is 13.1. The quantitative estimate of drug-likeness (QED) is 0.519. The third kappa shape index (κ3) is 5.40. The van der Waals surface area contributed by atoms with Crippen LogP contribution in [0.5, 0.6) is 0 Å². The molecule has 0 radical (unpaired) electrons. The molecule has 0 saturated heterocycles. The second-order valence-corrected chi connectivity index (χ2v) is 4.43. The van der Waals surface area contributed by atoms with Gasteiger partial charge in [-0.25, -0.2) is 0 Å². The first-order valence-electron chi connectivity index (χ1n) is 5.18. The van der Waals surface area contributed by atoms with E-state index in [2.05, 4.69) is 34.3 Å². The van der Waals surface area contributed by atoms with E-state index in [-0.39, 0.29) is 0 Å². The summed E-state index contributed by atoms with van der Waals surface area (Å²) < 4.78 is 0. The number of rotatable bonds is 6. The molecule has 0 aliphatic carbocycles. The predicted octanol–water partition coefficient (Wildman–Crippen LogP) is 4.27. The van der Waals surface area contributed by atoms with E-state index >= 15 is 0 Å². The molecule has 0 aromatic carbocycles. The lowest BCUT2D eigenvalue weighted by molar-refractivity contribution is 0.322. The van der Waals surface area contributed by atoms with Crippen molar-refractivity contribution in [2.75, 3.05) is 0 Å². The van der Waals surface area contributed by atoms with Gasteiger partial charge in [0.15, 0.2) is 0 Å². The highest BCUT2D eigenvalue weighted by molar-refractivity contribution is 4.70. The summed E-state index contributed by atoms with van der Waals surface area (Å²) in [5.41, 5.74) is 0. The molecule has 0 saturated carbocycles. The minimum absolute atomic E-state index is 0.830. The van der Waals surface area contributed by atoms with Crippen LogP contribution in [0.4, 0.5) is 0 Å². The Morgan fingerprint density at radius 2 is 1.75 bits per heavy atom. The van der Waals surface area contributed by atoms with Crippen LogP contribution in [-0.2, 0) is 0 Å². The fourth-order valence-electron chi connectivity index (χ4n) is 1.43. The third-order valence-corrected chi connectivity index (χ3v) is 2.78. The molecule has 0 rings (SSSR count). The Bertz CT molecular complexity index is 113. The molecule has 72 valence electrons. The molecule has 0 nitrogen and oxygen atoms in total. The van der Waals surface area contributed by atoms with E-state index in [9.17, 15) is 0 Å². The predicted molar refractivity (Wildman–Crippen MR) is 57.2 cm³/mol. The van der Waals surface area contributed by atoms with Gasteiger partial charge >= 0.3 is 0 Å². The van der Waals surface area contributed by atoms with Crippen molar-refractivity contribution in [3.8, 4) is 0 Å². The molecule has 0 aromatic rings. The first-order chi connectivity index (χ1) is 5.57. The molecule has 0 bridgehead atoms. The largest absolute Gasteiger partial charge is 0.103 e. The van der Waals surface area contributed by atoms with E-state index in [0.29, 0.717) is 0 Å². The van der Waals surface area contributed by atoms with Gasteiger partial charge in [0.1, 0.15) is 0 Å². The minimum Gasteiger partial charge on any atom is -0.103 e. The SMILES string of the molecule is C=CCCC(C)C[C@@H](C)C(C)C. The van der Waals surface area contributed by atoms with Crippen LogP contribution in [0.3, 0.4) is 0 Å². The van der Waals surface area contributed by atoms with Gasteiger partial charge in [0, 0.05) is 0 Å². The van der Waals surface area contributed by atoms with Gasteiger partial charge in [0.25, 0.3) is 0 Å². The molecule has 0 amide bonds. The molecule has 0 spiro atoms. The minimum atomic E-state index is 0.830. The average Bonchev–Trinajstić information content (AvgIpc) is 2.00. The van der Waals surface area contributed by atoms with Crippen molar-refractivity contribution in [3.05, 3.63) is 12.7 Å². The van der Waals surface area contributed by atoms with Gasteiger partial charge in [-0.1, -0.05) is 33.8 Å². The van der Waals surface area contributed by atoms with Crippen molar-refractivity contribution in [2.24, 2.45) is 17.8 Å². The van der Waals surface area contributed by atoms with Crippen LogP contribution in [0, 0.1) is 17.8 Å². The smallest absolute Gasteiger partial charge is 0.0351 e. The lowest BCUT2D eigenvalue weighted by Gasteiger charge is -2.19. The molecule has 0 aliphatic rings. The summed E-state index contributed by atoms with van der Waals surface area (Å²) in [6.07, 6.45) is 5.87. The summed E-state index contributed by atoms with van der Waals surface area (Å²) in [7, 11) is 0. The van der Waals surface area contributed by atoms with Gasteiger partial charge in [-0.05, 0) is 37.0 Å². The van der Waals surface area contributed by atoms with E-state index in [1.54, 1.807) is 0 Å². The fraction of sp³-hybridized carbons (Fsp3) is 0.833. The molecule has 0 aromatic heterocycles. The second-order valence-electron chi connectivity index (χ2n) is 4.43. The Morgan fingerprint density at radius 1 is 1.17 bits per heavy atom. The zero-order valence-corrected chi connectivity index (χ0v) is 9.14. The third-order valence-electron chi connectivity index (χ3n) is 2.78. The molecular weight excluding hydrogens is 144 g/mol. The number of hydrogen-bond acceptors (Lipinski definition) is 0. The van der Waals surface area contributed by atoms with Gasteiger partial charge in [-0.15, -0.1) is 6.58 Å². The highest BCUT2D eigenvalue weighted by atomic mass is 14.2. The summed E-state index contributed by atoms with van der Waals surface area (Å²) in [6, 6.07) is 0. The van der Waals surface area contributed by atoms with Crippen molar-refractivity contribution >= 4 is 0 Å². The number of hydrogen-bond donors (Lipinski definition) is 0. The van der Waals surface area contributed by atoms with Crippen LogP contribution in [0.15, 0.2) is 12.7 Å². The topological polar surface area (TPSA) is 0 Å². The molecule has 12 heavy (non-hydrogen) atoms. The number of allylic oxidation sites excluding steroid dienone is 1. The maximum Gasteiger partial charge on any atom is -0.0351 e. The maximum absolute atomic E-state index is 3.75. The zero-order chi connectivity index (χ0) is 9.56. The average molecular weight is 168 g/mol. The fourth-order valence-corrected chi connectivity index (χ4v) is 1.43. The normalized spacial score (nSPS) is 16.1. The van der Waals surface area contributed by atoms with Gasteiger partial charge < -0.3 is 0 Å². The lowest BCUT2D eigenvalue weighted by atomic mass is 9.87. The van der Waals surface area contributed by atoms with Crippen molar-refractivity contribution in [3.63, 3.8) is 0 Å². The van der Waals surface area contributed by atoms with E-state index in [0.717, 1.165) is 17.8 Å². The maximum atomic E-state index is 3.75. The molecule has 0 heteroatoms. The molecular formula is C12H24. The van der Waals surface area contributed by atoms with Crippen LogP contribution in [0.25, 0.3) is 0 Å². The summed E-state index contributed by atoms with van der Waals surface area (Å²) in [5, 5.41) is 0. The van der Waals surface area contributed by atoms with Crippen LogP contribution < -0.4 is 0 Å². The Hall–Kier alpha value is -0.260. The van der Waals surface area contributed by atoms with E-state index in [1.807, 2.05) is 6.08 Å². The first-order valence-corrected chi connectivity index (χ1v) is 5.18. The van der Waals surface area contributed by atoms with Crippen molar-refractivity contribution in [2.45, 2.75) is 47.0 Å². The zero-order valence-electron chi connectivity index (χ0n) is 9.14. The Balaban J connectivity index is 3.53. The van der Waals surface area contributed by atoms with Gasteiger partial charge in [0.05, 0.1) is 0 Å². The Labute approximate surface area is 78.1 Å². The highest BCUT2D eigenvalue weighted by Crippen LogP contribution is 2.22. The Morgan fingerprint density at radius 3 is 2.17 bits per heavy atom. The van der Waals surface area contributed by atoms with Crippen molar-refractivity contribution in [1.29, 1.82) is 0 Å². The Kier molecular flexibility index (Phi) is 6.14. The molecule has 0 aliphatic heterocycles. The van der Waals surface area contributed by atoms with Crippen LogP contribution in [-0.4, -0.2) is 0 Å². The molecule has 0 heterocycles. The molecule has 0 N–H and O–H groups in total. The van der Waals surface area contributed by atoms with E-state index in [1.165, 1.54) is 19.3 Å². The van der Waals surface area contributed by atoms with Gasteiger partial charge in [0.2, 0.25) is 0 Å². The van der Waals surface area contributed by atoms with Crippen molar-refractivity contribution < 1.29 is 0 Å². The van der Waals surface area contributed by atoms with E-state index < -0.39 is 0 Å². The van der Waals surface area contributed by atoms with Gasteiger partial charge in [-0.3, -0.25) is 0 Å². The summed E-state index contributed by atoms with van der Waals surface area (Å²) in [4.78, 5) is 0. The first kappa shape index (κ1) is 11.7. The molecule has 0 fully saturated rings.